The number of nitrogens with one attached hydrogen (secondary N) is 1. The zero-order chi connectivity index (χ0) is 17.1. The number of amides is 1. The van der Waals surface area contributed by atoms with Gasteiger partial charge in [-0.25, -0.2) is 9.79 Å². The van der Waals surface area contributed by atoms with Crippen LogP contribution >= 0.6 is 11.8 Å². The van der Waals surface area contributed by atoms with Gasteiger partial charge in [0.05, 0.1) is 16.2 Å². The molecule has 0 aliphatic carbocycles. The fourth-order valence-corrected chi connectivity index (χ4v) is 2.93. The van der Waals surface area contributed by atoms with E-state index in [-0.39, 0.29) is 11.5 Å². The number of amidine groups is 1. The van der Waals surface area contributed by atoms with E-state index < -0.39 is 5.97 Å². The molecule has 2 N–H and O–H groups in total. The van der Waals surface area contributed by atoms with Crippen LogP contribution in [-0.4, -0.2) is 22.2 Å². The van der Waals surface area contributed by atoms with Gasteiger partial charge < -0.3 is 10.4 Å². The predicted molar refractivity (Wildman–Crippen MR) is 95.4 cm³/mol. The SMILES string of the molecule is Cc1ccc(/C=C2\SC(=Nc3ccc(C(=O)O)cc3)NC2=O)cc1. The molecule has 0 atom stereocenters. The van der Waals surface area contributed by atoms with E-state index in [1.165, 1.54) is 23.9 Å². The Morgan fingerprint density at radius 1 is 1.12 bits per heavy atom. The Hall–Kier alpha value is -2.86. The van der Waals surface area contributed by atoms with Crippen molar-refractivity contribution in [2.24, 2.45) is 4.99 Å². The topological polar surface area (TPSA) is 78.8 Å². The first-order chi connectivity index (χ1) is 11.5. The zero-order valence-corrected chi connectivity index (χ0v) is 13.6. The van der Waals surface area contributed by atoms with Crippen molar-refractivity contribution >= 4 is 40.6 Å². The van der Waals surface area contributed by atoms with Crippen LogP contribution in [0.4, 0.5) is 5.69 Å². The van der Waals surface area contributed by atoms with Crippen molar-refractivity contribution < 1.29 is 14.7 Å². The van der Waals surface area contributed by atoms with Crippen molar-refractivity contribution in [2.45, 2.75) is 6.92 Å². The van der Waals surface area contributed by atoms with E-state index in [1.54, 1.807) is 12.1 Å². The van der Waals surface area contributed by atoms with E-state index in [0.29, 0.717) is 15.8 Å². The molecule has 0 radical (unpaired) electrons. The van der Waals surface area contributed by atoms with Gasteiger partial charge in [-0.2, -0.15) is 0 Å². The molecule has 3 rings (SSSR count). The summed E-state index contributed by atoms with van der Waals surface area (Å²) in [5.41, 5.74) is 2.89. The fourth-order valence-electron chi connectivity index (χ4n) is 2.09. The minimum Gasteiger partial charge on any atom is -0.478 e. The van der Waals surface area contributed by atoms with E-state index in [2.05, 4.69) is 10.3 Å². The molecular weight excluding hydrogens is 324 g/mol. The lowest BCUT2D eigenvalue weighted by atomic mass is 10.1. The first-order valence-electron chi connectivity index (χ1n) is 7.21. The number of hydrogen-bond donors (Lipinski definition) is 2. The standard InChI is InChI=1S/C18H14N2O3S/c1-11-2-4-12(5-3-11)10-15-16(21)20-18(24-15)19-14-8-6-13(7-9-14)17(22)23/h2-10H,1H3,(H,22,23)(H,19,20,21)/b15-10-. The summed E-state index contributed by atoms with van der Waals surface area (Å²) >= 11 is 1.26. The van der Waals surface area contributed by atoms with Gasteiger partial charge in [0.25, 0.3) is 5.91 Å². The predicted octanol–water partition coefficient (Wildman–Crippen LogP) is 3.58. The number of carbonyl (C=O) groups is 2. The summed E-state index contributed by atoms with van der Waals surface area (Å²) in [6.45, 7) is 2.01. The molecule has 1 heterocycles. The van der Waals surface area contributed by atoms with Gasteiger partial charge in [0.1, 0.15) is 0 Å². The zero-order valence-electron chi connectivity index (χ0n) is 12.8. The van der Waals surface area contributed by atoms with Crippen LogP contribution in [0.3, 0.4) is 0 Å². The Morgan fingerprint density at radius 3 is 2.42 bits per heavy atom. The smallest absolute Gasteiger partial charge is 0.335 e. The van der Waals surface area contributed by atoms with Crippen molar-refractivity contribution in [3.8, 4) is 0 Å². The minimum absolute atomic E-state index is 0.193. The number of aliphatic imine (C=N–C) groups is 1. The molecule has 0 unspecified atom stereocenters. The number of carbonyl (C=O) groups excluding carboxylic acids is 1. The molecule has 1 amide bonds. The first-order valence-corrected chi connectivity index (χ1v) is 8.02. The fraction of sp³-hybridized carbons (Fsp3) is 0.0556. The number of rotatable bonds is 3. The molecule has 1 aliphatic heterocycles. The van der Waals surface area contributed by atoms with E-state index >= 15 is 0 Å². The quantitative estimate of drug-likeness (QED) is 0.838. The summed E-state index contributed by atoms with van der Waals surface area (Å²) in [4.78, 5) is 27.8. The van der Waals surface area contributed by atoms with Crippen LogP contribution in [0.25, 0.3) is 6.08 Å². The van der Waals surface area contributed by atoms with Gasteiger partial charge in [-0.3, -0.25) is 4.79 Å². The Labute approximate surface area is 143 Å². The number of hydrogen-bond acceptors (Lipinski definition) is 4. The maximum Gasteiger partial charge on any atom is 0.335 e. The number of carboxylic acids is 1. The highest BCUT2D eigenvalue weighted by Crippen LogP contribution is 2.28. The third-order valence-corrected chi connectivity index (χ3v) is 4.28. The molecule has 120 valence electrons. The lowest BCUT2D eigenvalue weighted by molar-refractivity contribution is -0.115. The van der Waals surface area contributed by atoms with Crippen LogP contribution in [0, 0.1) is 6.92 Å². The average molecular weight is 338 g/mol. The second kappa shape index (κ2) is 6.72. The summed E-state index contributed by atoms with van der Waals surface area (Å²) in [7, 11) is 0. The van der Waals surface area contributed by atoms with Gasteiger partial charge in [-0.05, 0) is 54.6 Å². The Kier molecular flexibility index (Phi) is 4.48. The van der Waals surface area contributed by atoms with Gasteiger partial charge >= 0.3 is 5.97 Å². The number of aryl methyl sites for hydroxylation is 1. The van der Waals surface area contributed by atoms with Crippen molar-refractivity contribution in [2.75, 3.05) is 0 Å². The molecule has 1 fully saturated rings. The molecule has 1 aliphatic rings. The highest BCUT2D eigenvalue weighted by molar-refractivity contribution is 8.18. The lowest BCUT2D eigenvalue weighted by Gasteiger charge is -1.97. The molecule has 5 nitrogen and oxygen atoms in total. The second-order valence-electron chi connectivity index (χ2n) is 5.24. The van der Waals surface area contributed by atoms with Crippen molar-refractivity contribution in [1.29, 1.82) is 0 Å². The van der Waals surface area contributed by atoms with Gasteiger partial charge in [0.2, 0.25) is 0 Å². The van der Waals surface area contributed by atoms with Crippen LogP contribution in [-0.2, 0) is 4.79 Å². The largest absolute Gasteiger partial charge is 0.478 e. The molecule has 0 aromatic heterocycles. The molecule has 1 saturated heterocycles. The van der Waals surface area contributed by atoms with Crippen LogP contribution in [0.2, 0.25) is 0 Å². The van der Waals surface area contributed by atoms with Gasteiger partial charge in [0.15, 0.2) is 5.17 Å². The number of nitrogens with zero attached hydrogens (tertiary/aromatic N) is 1. The van der Waals surface area contributed by atoms with Crippen molar-refractivity contribution in [1.82, 2.24) is 5.32 Å². The van der Waals surface area contributed by atoms with Crippen molar-refractivity contribution in [3.63, 3.8) is 0 Å². The number of aromatic carboxylic acids is 1. The number of carboxylic acid groups (broad SMARTS) is 1. The molecule has 24 heavy (non-hydrogen) atoms. The number of thioether (sulfide) groups is 1. The molecule has 2 aromatic rings. The Bertz CT molecular complexity index is 853. The molecule has 0 saturated carbocycles. The summed E-state index contributed by atoms with van der Waals surface area (Å²) in [6.07, 6.45) is 1.81. The molecular formula is C18H14N2O3S. The van der Waals surface area contributed by atoms with Crippen LogP contribution in [0.1, 0.15) is 21.5 Å². The van der Waals surface area contributed by atoms with E-state index in [1.807, 2.05) is 37.3 Å². The third kappa shape index (κ3) is 3.72. The second-order valence-corrected chi connectivity index (χ2v) is 6.28. The Morgan fingerprint density at radius 2 is 1.79 bits per heavy atom. The summed E-state index contributed by atoms with van der Waals surface area (Å²) in [5.74, 6) is -1.18. The van der Waals surface area contributed by atoms with Crippen LogP contribution < -0.4 is 5.32 Å². The van der Waals surface area contributed by atoms with Gasteiger partial charge in [0, 0.05) is 0 Å². The summed E-state index contributed by atoms with van der Waals surface area (Å²) < 4.78 is 0. The van der Waals surface area contributed by atoms with Crippen LogP contribution in [0.15, 0.2) is 58.4 Å². The van der Waals surface area contributed by atoms with E-state index in [0.717, 1.165) is 11.1 Å². The maximum absolute atomic E-state index is 12.0. The number of benzene rings is 2. The average Bonchev–Trinajstić information content (AvgIpc) is 2.89. The minimum atomic E-state index is -0.985. The van der Waals surface area contributed by atoms with Crippen molar-refractivity contribution in [3.05, 3.63) is 70.1 Å². The van der Waals surface area contributed by atoms with E-state index in [4.69, 9.17) is 5.11 Å². The van der Waals surface area contributed by atoms with Gasteiger partial charge in [-0.15, -0.1) is 0 Å². The first kappa shape index (κ1) is 16.0. The molecule has 2 aromatic carbocycles. The monoisotopic (exact) mass is 338 g/mol. The maximum atomic E-state index is 12.0. The lowest BCUT2D eigenvalue weighted by Crippen LogP contribution is -2.19. The normalized spacial score (nSPS) is 17.3. The highest BCUT2D eigenvalue weighted by atomic mass is 32.2. The van der Waals surface area contributed by atoms with Gasteiger partial charge in [-0.1, -0.05) is 29.8 Å². The third-order valence-electron chi connectivity index (χ3n) is 3.37. The molecule has 0 bridgehead atoms. The van der Waals surface area contributed by atoms with Crippen LogP contribution in [0.5, 0.6) is 0 Å². The summed E-state index contributed by atoms with van der Waals surface area (Å²) in [6, 6.07) is 14.0. The highest BCUT2D eigenvalue weighted by Gasteiger charge is 2.23. The molecule has 0 spiro atoms. The summed E-state index contributed by atoms with van der Waals surface area (Å²) in [5, 5.41) is 12.1. The Balaban J connectivity index is 1.78. The van der Waals surface area contributed by atoms with E-state index in [9.17, 15) is 9.59 Å². The molecule has 6 heteroatoms.